The standard InChI is InChI=1S/C23H30FN3O/c1-18-5-3-4-6-21(18)17-26-13-15-27(16-14-26)19(2)23(28)25-12-11-20-7-9-22(24)10-8-20/h3-10,19H,11-17H2,1-2H3,(H,25,28)/p+2/t19-/m1/s1. The van der Waals surface area contributed by atoms with Crippen LogP contribution >= 0.6 is 0 Å². The topological polar surface area (TPSA) is 38.0 Å². The number of aryl methyl sites for hydroxylation is 1. The zero-order chi connectivity index (χ0) is 19.9. The lowest BCUT2D eigenvalue weighted by Crippen LogP contribution is -3.29. The number of quaternary nitrogens is 2. The Hall–Kier alpha value is -2.24. The van der Waals surface area contributed by atoms with Gasteiger partial charge in [-0.2, -0.15) is 0 Å². The molecule has 1 saturated heterocycles. The van der Waals surface area contributed by atoms with Crippen molar-refractivity contribution in [2.75, 3.05) is 32.7 Å². The van der Waals surface area contributed by atoms with Crippen LogP contribution in [0.4, 0.5) is 4.39 Å². The largest absolute Gasteiger partial charge is 0.351 e. The Morgan fingerprint density at radius 3 is 2.43 bits per heavy atom. The van der Waals surface area contributed by atoms with Crippen LogP contribution in [0, 0.1) is 12.7 Å². The fourth-order valence-corrected chi connectivity index (χ4v) is 3.93. The van der Waals surface area contributed by atoms with Gasteiger partial charge in [0.15, 0.2) is 6.04 Å². The summed E-state index contributed by atoms with van der Waals surface area (Å²) in [5.74, 6) is -0.117. The predicted octanol–water partition coefficient (Wildman–Crippen LogP) is 0.165. The van der Waals surface area contributed by atoms with E-state index in [1.165, 1.54) is 28.2 Å². The highest BCUT2D eigenvalue weighted by molar-refractivity contribution is 5.79. The minimum absolute atomic E-state index is 0.0340. The first-order chi connectivity index (χ1) is 13.5. The van der Waals surface area contributed by atoms with Gasteiger partial charge < -0.3 is 15.1 Å². The Bertz CT molecular complexity index is 770. The third-order valence-corrected chi connectivity index (χ3v) is 5.93. The molecule has 0 saturated carbocycles. The summed E-state index contributed by atoms with van der Waals surface area (Å²) >= 11 is 0. The predicted molar refractivity (Wildman–Crippen MR) is 109 cm³/mol. The van der Waals surface area contributed by atoms with Crippen LogP contribution in [-0.4, -0.2) is 44.7 Å². The van der Waals surface area contributed by atoms with E-state index in [0.29, 0.717) is 6.54 Å². The van der Waals surface area contributed by atoms with Crippen molar-refractivity contribution < 1.29 is 19.0 Å². The van der Waals surface area contributed by atoms with E-state index in [1.54, 1.807) is 17.0 Å². The average Bonchev–Trinajstić information content (AvgIpc) is 2.71. The highest BCUT2D eigenvalue weighted by atomic mass is 19.1. The Kier molecular flexibility index (Phi) is 7.18. The van der Waals surface area contributed by atoms with Crippen LogP contribution in [-0.2, 0) is 17.8 Å². The number of piperazine rings is 1. The van der Waals surface area contributed by atoms with Crippen LogP contribution in [0.3, 0.4) is 0 Å². The lowest BCUT2D eigenvalue weighted by molar-refractivity contribution is -1.02. The first-order valence-electron chi connectivity index (χ1n) is 10.3. The summed E-state index contributed by atoms with van der Waals surface area (Å²) in [5.41, 5.74) is 3.82. The second-order valence-corrected chi connectivity index (χ2v) is 7.90. The highest BCUT2D eigenvalue weighted by Gasteiger charge is 2.30. The molecule has 5 heteroatoms. The van der Waals surface area contributed by atoms with Crippen molar-refractivity contribution in [3.8, 4) is 0 Å². The van der Waals surface area contributed by atoms with Crippen molar-refractivity contribution in [2.24, 2.45) is 0 Å². The molecule has 0 aromatic heterocycles. The minimum Gasteiger partial charge on any atom is -0.351 e. The highest BCUT2D eigenvalue weighted by Crippen LogP contribution is 2.05. The van der Waals surface area contributed by atoms with Gasteiger partial charge in [0.2, 0.25) is 0 Å². The molecule has 1 heterocycles. The number of amides is 1. The van der Waals surface area contributed by atoms with E-state index in [4.69, 9.17) is 0 Å². The molecule has 1 aliphatic heterocycles. The smallest absolute Gasteiger partial charge is 0.278 e. The second kappa shape index (κ2) is 9.80. The Labute approximate surface area is 167 Å². The summed E-state index contributed by atoms with van der Waals surface area (Å²) < 4.78 is 12.9. The minimum atomic E-state index is -0.228. The fourth-order valence-electron chi connectivity index (χ4n) is 3.93. The van der Waals surface area contributed by atoms with Crippen LogP contribution in [0.5, 0.6) is 0 Å². The molecule has 150 valence electrons. The third-order valence-electron chi connectivity index (χ3n) is 5.93. The van der Waals surface area contributed by atoms with Gasteiger partial charge in [0, 0.05) is 12.1 Å². The van der Waals surface area contributed by atoms with Gasteiger partial charge in [0.1, 0.15) is 38.5 Å². The SMILES string of the molecule is Cc1ccccc1C[NH+]1CC[NH+]([C@H](C)C(=O)NCCc2ccc(F)cc2)CC1. The molecular formula is C23H32FN3O+2. The molecule has 28 heavy (non-hydrogen) atoms. The van der Waals surface area contributed by atoms with Crippen molar-refractivity contribution in [1.29, 1.82) is 0 Å². The molecule has 0 aliphatic carbocycles. The molecule has 0 bridgehead atoms. The lowest BCUT2D eigenvalue weighted by Gasteiger charge is -2.32. The summed E-state index contributed by atoms with van der Waals surface area (Å²) in [6.07, 6.45) is 0.725. The number of rotatable bonds is 7. The van der Waals surface area contributed by atoms with Gasteiger partial charge in [-0.1, -0.05) is 36.4 Å². The van der Waals surface area contributed by atoms with Crippen molar-refractivity contribution in [3.63, 3.8) is 0 Å². The zero-order valence-electron chi connectivity index (χ0n) is 16.9. The van der Waals surface area contributed by atoms with Crippen LogP contribution in [0.2, 0.25) is 0 Å². The number of halogens is 1. The van der Waals surface area contributed by atoms with E-state index < -0.39 is 0 Å². The summed E-state index contributed by atoms with van der Waals surface area (Å²) in [5, 5.41) is 3.04. The number of nitrogens with one attached hydrogen (secondary N) is 3. The van der Waals surface area contributed by atoms with Gasteiger partial charge in [-0.3, -0.25) is 4.79 Å². The fraction of sp³-hybridized carbons (Fsp3) is 0.435. The van der Waals surface area contributed by atoms with E-state index in [1.807, 2.05) is 6.92 Å². The first kappa shape index (κ1) is 20.5. The molecule has 2 aromatic rings. The Balaban J connectivity index is 1.40. The monoisotopic (exact) mass is 385 g/mol. The van der Waals surface area contributed by atoms with E-state index in [0.717, 1.165) is 44.7 Å². The number of carbonyl (C=O) groups excluding carboxylic acids is 1. The van der Waals surface area contributed by atoms with E-state index in [9.17, 15) is 9.18 Å². The van der Waals surface area contributed by atoms with Gasteiger partial charge in [-0.15, -0.1) is 0 Å². The molecule has 3 N–H and O–H groups in total. The van der Waals surface area contributed by atoms with Crippen molar-refractivity contribution in [3.05, 3.63) is 71.0 Å². The van der Waals surface area contributed by atoms with Gasteiger partial charge in [0.25, 0.3) is 5.91 Å². The van der Waals surface area contributed by atoms with Gasteiger partial charge >= 0.3 is 0 Å². The zero-order valence-corrected chi connectivity index (χ0v) is 16.9. The summed E-state index contributed by atoms with van der Waals surface area (Å²) in [6.45, 7) is 10.1. The van der Waals surface area contributed by atoms with Crippen LogP contribution in [0.1, 0.15) is 23.6 Å². The maximum atomic E-state index is 12.9. The van der Waals surface area contributed by atoms with E-state index in [-0.39, 0.29) is 17.8 Å². The van der Waals surface area contributed by atoms with Crippen molar-refractivity contribution in [1.82, 2.24) is 5.32 Å². The second-order valence-electron chi connectivity index (χ2n) is 7.90. The third kappa shape index (κ3) is 5.63. The first-order valence-corrected chi connectivity index (χ1v) is 10.3. The molecule has 0 spiro atoms. The van der Waals surface area contributed by atoms with Gasteiger partial charge in [-0.05, 0) is 43.5 Å². The van der Waals surface area contributed by atoms with Crippen LogP contribution in [0.15, 0.2) is 48.5 Å². The van der Waals surface area contributed by atoms with Gasteiger partial charge in [-0.25, -0.2) is 4.39 Å². The Morgan fingerprint density at radius 1 is 1.07 bits per heavy atom. The summed E-state index contributed by atoms with van der Waals surface area (Å²) in [7, 11) is 0. The van der Waals surface area contributed by atoms with Crippen molar-refractivity contribution >= 4 is 5.91 Å². The molecular weight excluding hydrogens is 353 g/mol. The van der Waals surface area contributed by atoms with Crippen LogP contribution in [0.25, 0.3) is 0 Å². The molecule has 2 aromatic carbocycles. The average molecular weight is 386 g/mol. The number of carbonyl (C=O) groups is 1. The number of hydrogen-bond acceptors (Lipinski definition) is 1. The van der Waals surface area contributed by atoms with E-state index >= 15 is 0 Å². The summed E-state index contributed by atoms with van der Waals surface area (Å²) in [6, 6.07) is 15.0. The number of hydrogen-bond donors (Lipinski definition) is 3. The number of benzene rings is 2. The molecule has 1 atom stereocenters. The van der Waals surface area contributed by atoms with Crippen LogP contribution < -0.4 is 15.1 Å². The molecule has 0 unspecified atom stereocenters. The molecule has 1 aliphatic rings. The molecule has 4 nitrogen and oxygen atoms in total. The maximum Gasteiger partial charge on any atom is 0.278 e. The molecule has 3 rings (SSSR count). The normalized spacial score (nSPS) is 20.5. The summed E-state index contributed by atoms with van der Waals surface area (Å²) in [4.78, 5) is 15.5. The molecule has 0 radical (unpaired) electrons. The molecule has 1 fully saturated rings. The van der Waals surface area contributed by atoms with E-state index in [2.05, 4.69) is 36.5 Å². The molecule has 1 amide bonds. The maximum absolute atomic E-state index is 12.9. The quantitative estimate of drug-likeness (QED) is 0.624. The van der Waals surface area contributed by atoms with Crippen molar-refractivity contribution in [2.45, 2.75) is 32.9 Å². The van der Waals surface area contributed by atoms with Gasteiger partial charge in [0.05, 0.1) is 0 Å². The Morgan fingerprint density at radius 2 is 1.75 bits per heavy atom. The lowest BCUT2D eigenvalue weighted by atomic mass is 10.1.